The van der Waals surface area contributed by atoms with E-state index in [9.17, 15) is 35.9 Å². The van der Waals surface area contributed by atoms with E-state index < -0.39 is 62.8 Å². The molecular weight excluding hydrogens is 456 g/mol. The number of nitrogens with one attached hydrogen (secondary N) is 1. The van der Waals surface area contributed by atoms with Crippen LogP contribution in [0.3, 0.4) is 0 Å². The number of benzene rings is 2. The van der Waals surface area contributed by atoms with Gasteiger partial charge in [-0.05, 0) is 19.1 Å². The normalized spacial score (nSPS) is 20.1. The Bertz CT molecular complexity index is 1110. The first kappa shape index (κ1) is 24.1. The second kappa shape index (κ2) is 9.53. The van der Waals surface area contributed by atoms with Gasteiger partial charge in [0.05, 0.1) is 24.2 Å². The number of rotatable bonds is 5. The van der Waals surface area contributed by atoms with Gasteiger partial charge in [-0.3, -0.25) is 4.79 Å². The van der Waals surface area contributed by atoms with Crippen molar-refractivity contribution in [1.82, 2.24) is 4.31 Å². The molecule has 2 N–H and O–H groups in total. The molecule has 174 valence electrons. The van der Waals surface area contributed by atoms with Gasteiger partial charge in [0.2, 0.25) is 10.0 Å². The van der Waals surface area contributed by atoms with Crippen molar-refractivity contribution in [3.8, 4) is 0 Å². The Morgan fingerprint density at radius 3 is 2.47 bits per heavy atom. The lowest BCUT2D eigenvalue weighted by atomic mass is 10.1. The molecule has 0 aromatic heterocycles. The number of alkyl halides is 1. The predicted molar refractivity (Wildman–Crippen MR) is 106 cm³/mol. The molecule has 1 aliphatic heterocycles. The van der Waals surface area contributed by atoms with E-state index in [0.29, 0.717) is 12.1 Å². The van der Waals surface area contributed by atoms with Crippen molar-refractivity contribution in [1.29, 1.82) is 0 Å². The van der Waals surface area contributed by atoms with Gasteiger partial charge < -0.3 is 15.2 Å². The number of nitrogens with zero attached hydrogens (tertiary/aromatic N) is 1. The molecule has 0 bridgehead atoms. The van der Waals surface area contributed by atoms with Crippen molar-refractivity contribution >= 4 is 21.6 Å². The number of aliphatic hydroxyl groups is 1. The van der Waals surface area contributed by atoms with Gasteiger partial charge >= 0.3 is 0 Å². The number of amides is 1. The highest BCUT2D eigenvalue weighted by Crippen LogP contribution is 2.27. The van der Waals surface area contributed by atoms with Crippen LogP contribution in [0.15, 0.2) is 35.2 Å². The SMILES string of the molecule is CC1COCC(O)CN1S(=O)(=O)c1cc(C(=O)Nc2cc(F)c(F)c(F)c2)ccc1CF. The average molecular weight is 476 g/mol. The average Bonchev–Trinajstić information content (AvgIpc) is 2.92. The third kappa shape index (κ3) is 4.93. The second-order valence-corrected chi connectivity index (χ2v) is 9.14. The van der Waals surface area contributed by atoms with Crippen molar-refractivity contribution in [2.45, 2.75) is 30.6 Å². The smallest absolute Gasteiger partial charge is 0.255 e. The molecule has 7 nitrogen and oxygen atoms in total. The molecule has 1 fully saturated rings. The van der Waals surface area contributed by atoms with Crippen LogP contribution in [-0.4, -0.2) is 55.6 Å². The van der Waals surface area contributed by atoms with Crippen LogP contribution in [0.25, 0.3) is 0 Å². The number of ether oxygens (including phenoxy) is 1. The molecule has 1 saturated heterocycles. The Kier molecular flexibility index (Phi) is 7.18. The van der Waals surface area contributed by atoms with Crippen LogP contribution in [0.2, 0.25) is 0 Å². The fourth-order valence-electron chi connectivity index (χ4n) is 3.24. The summed E-state index contributed by atoms with van der Waals surface area (Å²) in [7, 11) is -4.35. The highest BCUT2D eigenvalue weighted by molar-refractivity contribution is 7.89. The van der Waals surface area contributed by atoms with Gasteiger partial charge in [0.15, 0.2) is 17.5 Å². The maximum atomic E-state index is 13.6. The topological polar surface area (TPSA) is 95.9 Å². The minimum Gasteiger partial charge on any atom is -0.389 e. The molecule has 1 aliphatic rings. The zero-order valence-corrected chi connectivity index (χ0v) is 17.6. The van der Waals surface area contributed by atoms with Crippen LogP contribution >= 0.6 is 0 Å². The number of carbonyl (C=O) groups is 1. The minimum absolute atomic E-state index is 0.00310. The van der Waals surface area contributed by atoms with Gasteiger partial charge in [0, 0.05) is 41.5 Å². The van der Waals surface area contributed by atoms with Gasteiger partial charge in [0.25, 0.3) is 5.91 Å². The first-order valence-electron chi connectivity index (χ1n) is 9.47. The standard InChI is InChI=1S/C20H20F4N2O5S/c1-11-9-31-10-15(27)8-26(11)32(29,30)18-4-12(2-3-13(18)7-21)20(28)25-14-5-16(22)19(24)17(23)6-14/h2-6,11,15,27H,7-10H2,1H3,(H,25,28). The summed E-state index contributed by atoms with van der Waals surface area (Å²) in [5.74, 6) is -5.70. The number of aliphatic hydroxyl groups excluding tert-OH is 1. The molecule has 1 heterocycles. The first-order chi connectivity index (χ1) is 15.0. The largest absolute Gasteiger partial charge is 0.389 e. The highest BCUT2D eigenvalue weighted by Gasteiger charge is 2.35. The van der Waals surface area contributed by atoms with Crippen LogP contribution in [0.5, 0.6) is 0 Å². The summed E-state index contributed by atoms with van der Waals surface area (Å²) in [4.78, 5) is 12.0. The van der Waals surface area contributed by atoms with Gasteiger partial charge in [-0.1, -0.05) is 6.07 Å². The van der Waals surface area contributed by atoms with E-state index >= 15 is 0 Å². The van der Waals surface area contributed by atoms with E-state index in [1.54, 1.807) is 6.92 Å². The Morgan fingerprint density at radius 2 is 1.84 bits per heavy atom. The molecule has 2 aromatic carbocycles. The van der Waals surface area contributed by atoms with Crippen molar-refractivity contribution in [3.05, 3.63) is 58.9 Å². The van der Waals surface area contributed by atoms with E-state index in [2.05, 4.69) is 5.32 Å². The number of hydrogen-bond donors (Lipinski definition) is 2. The van der Waals surface area contributed by atoms with Crippen molar-refractivity contribution in [2.24, 2.45) is 0 Å². The number of β-amino-alcohol motifs (C(OH)–C–C–N with tert-alkyl or cyclic N) is 1. The summed E-state index contributed by atoms with van der Waals surface area (Å²) in [5.41, 5.74) is -0.857. The molecule has 2 aromatic rings. The molecule has 32 heavy (non-hydrogen) atoms. The van der Waals surface area contributed by atoms with Gasteiger partial charge in [-0.25, -0.2) is 26.0 Å². The van der Waals surface area contributed by atoms with Crippen molar-refractivity contribution < 1.29 is 40.6 Å². The van der Waals surface area contributed by atoms with Crippen LogP contribution in [0.4, 0.5) is 23.2 Å². The maximum absolute atomic E-state index is 13.6. The van der Waals surface area contributed by atoms with E-state index in [4.69, 9.17) is 4.74 Å². The summed E-state index contributed by atoms with van der Waals surface area (Å²) in [6.07, 6.45) is -1.10. The zero-order valence-electron chi connectivity index (χ0n) is 16.8. The van der Waals surface area contributed by atoms with E-state index in [1.807, 2.05) is 0 Å². The van der Waals surface area contributed by atoms with Crippen LogP contribution in [0.1, 0.15) is 22.8 Å². The third-order valence-electron chi connectivity index (χ3n) is 4.85. The molecule has 0 aliphatic carbocycles. The number of sulfonamides is 1. The summed E-state index contributed by atoms with van der Waals surface area (Å²) >= 11 is 0. The molecule has 0 saturated carbocycles. The number of halogens is 4. The summed E-state index contributed by atoms with van der Waals surface area (Å²) in [6, 6.07) is 3.62. The molecule has 3 rings (SSSR count). The highest BCUT2D eigenvalue weighted by atomic mass is 32.2. The fourth-order valence-corrected chi connectivity index (χ4v) is 5.12. The molecule has 2 atom stereocenters. The van der Waals surface area contributed by atoms with Gasteiger partial charge in [0.1, 0.15) is 6.67 Å². The van der Waals surface area contributed by atoms with E-state index in [1.165, 1.54) is 0 Å². The van der Waals surface area contributed by atoms with Crippen molar-refractivity contribution in [2.75, 3.05) is 25.1 Å². The van der Waals surface area contributed by atoms with Crippen LogP contribution < -0.4 is 5.32 Å². The lowest BCUT2D eigenvalue weighted by Crippen LogP contribution is -2.43. The molecule has 0 radical (unpaired) electrons. The zero-order chi connectivity index (χ0) is 23.6. The van der Waals surface area contributed by atoms with Gasteiger partial charge in [-0.15, -0.1) is 0 Å². The maximum Gasteiger partial charge on any atom is 0.255 e. The lowest BCUT2D eigenvalue weighted by molar-refractivity contribution is 0.0551. The summed E-state index contributed by atoms with van der Waals surface area (Å²) < 4.78 is 86.2. The number of anilines is 1. The fraction of sp³-hybridized carbons (Fsp3) is 0.350. The van der Waals surface area contributed by atoms with Crippen molar-refractivity contribution in [3.63, 3.8) is 0 Å². The monoisotopic (exact) mass is 476 g/mol. The molecular formula is C20H20F4N2O5S. The summed E-state index contributed by atoms with van der Waals surface area (Å²) in [6.45, 7) is 0.0491. The third-order valence-corrected chi connectivity index (χ3v) is 6.92. The Morgan fingerprint density at radius 1 is 1.19 bits per heavy atom. The Labute approximate surface area is 181 Å². The summed E-state index contributed by atoms with van der Waals surface area (Å²) in [5, 5.41) is 12.1. The molecule has 2 unspecified atom stereocenters. The molecule has 12 heteroatoms. The number of carbonyl (C=O) groups excluding carboxylic acids is 1. The van der Waals surface area contributed by atoms with Crippen LogP contribution in [-0.2, 0) is 21.4 Å². The lowest BCUT2D eigenvalue weighted by Gasteiger charge is -2.27. The van der Waals surface area contributed by atoms with Crippen LogP contribution in [0, 0.1) is 17.5 Å². The Balaban J connectivity index is 1.97. The van der Waals surface area contributed by atoms with E-state index in [-0.39, 0.29) is 30.9 Å². The Hall–Kier alpha value is -2.54. The van der Waals surface area contributed by atoms with E-state index in [0.717, 1.165) is 22.5 Å². The predicted octanol–water partition coefficient (Wildman–Crippen LogP) is 2.60. The number of hydrogen-bond acceptors (Lipinski definition) is 5. The second-order valence-electron chi connectivity index (χ2n) is 7.28. The minimum atomic E-state index is -4.35. The first-order valence-corrected chi connectivity index (χ1v) is 10.9. The van der Waals surface area contributed by atoms with Gasteiger partial charge in [-0.2, -0.15) is 4.31 Å². The molecule has 1 amide bonds. The molecule has 0 spiro atoms. The quantitative estimate of drug-likeness (QED) is 0.511.